The van der Waals surface area contributed by atoms with Crippen LogP contribution >= 0.6 is 0 Å². The van der Waals surface area contributed by atoms with E-state index in [4.69, 9.17) is 0 Å². The Labute approximate surface area is 116 Å². The lowest BCUT2D eigenvalue weighted by atomic mass is 10.0. The molecule has 3 heteroatoms. The molecular weight excluding hydrogens is 236 g/mol. The van der Waals surface area contributed by atoms with E-state index in [1.807, 2.05) is 32.2 Å². The number of nitrogens with zero attached hydrogens (tertiary/aromatic N) is 1. The second-order valence-electron chi connectivity index (χ2n) is 5.75. The average Bonchev–Trinajstić information content (AvgIpc) is 2.87. The number of rotatable bonds is 3. The lowest BCUT2D eigenvalue weighted by molar-refractivity contribution is 0.0702. The third-order valence-electron chi connectivity index (χ3n) is 4.00. The number of nitrogens with one attached hydrogen (secondary N) is 1. The molecule has 0 aromatic heterocycles. The molecule has 0 spiro atoms. The Morgan fingerprint density at radius 3 is 2.79 bits per heavy atom. The third kappa shape index (κ3) is 2.75. The van der Waals surface area contributed by atoms with Crippen LogP contribution in [0.5, 0.6) is 0 Å². The summed E-state index contributed by atoms with van der Waals surface area (Å²) in [7, 11) is 1.87. The summed E-state index contributed by atoms with van der Waals surface area (Å²) in [6.45, 7) is 7.33. The summed E-state index contributed by atoms with van der Waals surface area (Å²) in [4.78, 5) is 14.8. The van der Waals surface area contributed by atoms with Gasteiger partial charge >= 0.3 is 0 Å². The van der Waals surface area contributed by atoms with Gasteiger partial charge in [0.25, 0.3) is 5.91 Å². The Balaban J connectivity index is 2.29. The van der Waals surface area contributed by atoms with Gasteiger partial charge in [0.2, 0.25) is 0 Å². The van der Waals surface area contributed by atoms with Gasteiger partial charge in [0.05, 0.1) is 5.56 Å². The van der Waals surface area contributed by atoms with E-state index in [9.17, 15) is 4.79 Å². The summed E-state index contributed by atoms with van der Waals surface area (Å²) >= 11 is 0. The van der Waals surface area contributed by atoms with Crippen LogP contribution in [0, 0.1) is 12.8 Å². The van der Waals surface area contributed by atoms with Crippen LogP contribution in [-0.2, 0) is 0 Å². The molecule has 2 rings (SSSR count). The second kappa shape index (κ2) is 5.64. The standard InChI is InChI=1S/C16H24N2O/c1-11(2)15-6-5-9-18(15)16(19)13-8-7-12(3)10-14(13)17-4/h7-8,10-11,15,17H,5-6,9H2,1-4H3. The molecule has 1 aliphatic heterocycles. The van der Waals surface area contributed by atoms with Crippen LogP contribution in [0.4, 0.5) is 5.69 Å². The third-order valence-corrected chi connectivity index (χ3v) is 4.00. The molecule has 1 aromatic carbocycles. The Kier molecular flexibility index (Phi) is 4.13. The van der Waals surface area contributed by atoms with Crippen molar-refractivity contribution in [3.05, 3.63) is 29.3 Å². The van der Waals surface area contributed by atoms with Crippen LogP contribution in [0.15, 0.2) is 18.2 Å². The Morgan fingerprint density at radius 2 is 2.16 bits per heavy atom. The highest BCUT2D eigenvalue weighted by atomic mass is 16.2. The van der Waals surface area contributed by atoms with Gasteiger partial charge in [-0.05, 0) is 43.4 Å². The second-order valence-corrected chi connectivity index (χ2v) is 5.75. The first-order valence-corrected chi connectivity index (χ1v) is 7.14. The quantitative estimate of drug-likeness (QED) is 0.904. The lowest BCUT2D eigenvalue weighted by Crippen LogP contribution is -2.38. The molecular formula is C16H24N2O. The van der Waals surface area contributed by atoms with Crippen LogP contribution in [0.2, 0.25) is 0 Å². The van der Waals surface area contributed by atoms with Crippen LogP contribution in [0.25, 0.3) is 0 Å². The first kappa shape index (κ1) is 13.9. The van der Waals surface area contributed by atoms with Gasteiger partial charge in [0.15, 0.2) is 0 Å². The minimum atomic E-state index is 0.167. The van der Waals surface area contributed by atoms with Crippen molar-refractivity contribution >= 4 is 11.6 Å². The molecule has 104 valence electrons. The maximum atomic E-state index is 12.7. The molecule has 1 saturated heterocycles. The van der Waals surface area contributed by atoms with Crippen LogP contribution < -0.4 is 5.32 Å². The number of hydrogen-bond donors (Lipinski definition) is 1. The van der Waals surface area contributed by atoms with Gasteiger partial charge in [0.1, 0.15) is 0 Å². The van der Waals surface area contributed by atoms with E-state index in [0.29, 0.717) is 12.0 Å². The zero-order valence-electron chi connectivity index (χ0n) is 12.4. The van der Waals surface area contributed by atoms with Crippen molar-refractivity contribution < 1.29 is 4.79 Å². The lowest BCUT2D eigenvalue weighted by Gasteiger charge is -2.28. The topological polar surface area (TPSA) is 32.3 Å². The fourth-order valence-electron chi connectivity index (χ4n) is 2.94. The number of hydrogen-bond acceptors (Lipinski definition) is 2. The Bertz CT molecular complexity index is 468. The minimum absolute atomic E-state index is 0.167. The van der Waals surface area contributed by atoms with E-state index in [0.717, 1.165) is 30.6 Å². The monoisotopic (exact) mass is 260 g/mol. The molecule has 1 aromatic rings. The fourth-order valence-corrected chi connectivity index (χ4v) is 2.94. The van der Waals surface area contributed by atoms with E-state index < -0.39 is 0 Å². The van der Waals surface area contributed by atoms with Crippen molar-refractivity contribution in [3.8, 4) is 0 Å². The van der Waals surface area contributed by atoms with Crippen molar-refractivity contribution in [2.75, 3.05) is 18.9 Å². The van der Waals surface area contributed by atoms with Crippen LogP contribution in [-0.4, -0.2) is 30.4 Å². The largest absolute Gasteiger partial charge is 0.387 e. The van der Waals surface area contributed by atoms with Crippen LogP contribution in [0.3, 0.4) is 0 Å². The summed E-state index contributed by atoms with van der Waals surface area (Å²) in [5.74, 6) is 0.690. The van der Waals surface area contributed by atoms with Crippen molar-refractivity contribution in [2.45, 2.75) is 39.7 Å². The van der Waals surface area contributed by atoms with Gasteiger partial charge in [-0.25, -0.2) is 0 Å². The maximum Gasteiger partial charge on any atom is 0.256 e. The molecule has 1 amide bonds. The average molecular weight is 260 g/mol. The number of aryl methyl sites for hydroxylation is 1. The van der Waals surface area contributed by atoms with E-state index in [-0.39, 0.29) is 5.91 Å². The molecule has 1 fully saturated rings. The number of benzene rings is 1. The van der Waals surface area contributed by atoms with E-state index >= 15 is 0 Å². The fraction of sp³-hybridized carbons (Fsp3) is 0.562. The first-order chi connectivity index (χ1) is 9.04. The predicted molar refractivity (Wildman–Crippen MR) is 79.6 cm³/mol. The molecule has 0 bridgehead atoms. The molecule has 0 saturated carbocycles. The molecule has 1 aliphatic rings. The highest BCUT2D eigenvalue weighted by molar-refractivity contribution is 6.00. The van der Waals surface area contributed by atoms with Crippen LogP contribution in [0.1, 0.15) is 42.6 Å². The van der Waals surface area contributed by atoms with Crippen molar-refractivity contribution in [1.29, 1.82) is 0 Å². The molecule has 1 unspecified atom stereocenters. The van der Waals surface area contributed by atoms with Crippen molar-refractivity contribution in [3.63, 3.8) is 0 Å². The van der Waals surface area contributed by atoms with E-state index in [1.165, 1.54) is 5.56 Å². The summed E-state index contributed by atoms with van der Waals surface area (Å²) in [5, 5.41) is 3.14. The molecule has 1 atom stereocenters. The normalized spacial score (nSPS) is 19.0. The number of amides is 1. The first-order valence-electron chi connectivity index (χ1n) is 7.14. The van der Waals surface area contributed by atoms with E-state index in [2.05, 4.69) is 24.1 Å². The van der Waals surface area contributed by atoms with Crippen molar-refractivity contribution in [2.24, 2.45) is 5.92 Å². The molecule has 0 radical (unpaired) electrons. The van der Waals surface area contributed by atoms with Gasteiger partial charge in [-0.15, -0.1) is 0 Å². The van der Waals surface area contributed by atoms with E-state index in [1.54, 1.807) is 0 Å². The van der Waals surface area contributed by atoms with Gasteiger partial charge < -0.3 is 10.2 Å². The molecule has 3 nitrogen and oxygen atoms in total. The summed E-state index contributed by atoms with van der Waals surface area (Å²) in [5.41, 5.74) is 2.89. The summed E-state index contributed by atoms with van der Waals surface area (Å²) in [6, 6.07) is 6.38. The predicted octanol–water partition coefficient (Wildman–Crippen LogP) is 3.30. The highest BCUT2D eigenvalue weighted by Crippen LogP contribution is 2.28. The summed E-state index contributed by atoms with van der Waals surface area (Å²) in [6.07, 6.45) is 2.25. The Hall–Kier alpha value is -1.51. The molecule has 1 N–H and O–H groups in total. The molecule has 0 aliphatic carbocycles. The number of carbonyl (C=O) groups excluding carboxylic acids is 1. The summed E-state index contributed by atoms with van der Waals surface area (Å²) < 4.78 is 0. The molecule has 19 heavy (non-hydrogen) atoms. The Morgan fingerprint density at radius 1 is 1.42 bits per heavy atom. The van der Waals surface area contributed by atoms with Crippen molar-refractivity contribution in [1.82, 2.24) is 4.90 Å². The zero-order valence-corrected chi connectivity index (χ0v) is 12.4. The van der Waals surface area contributed by atoms with Gasteiger partial charge in [-0.3, -0.25) is 4.79 Å². The van der Waals surface area contributed by atoms with Gasteiger partial charge in [0, 0.05) is 25.3 Å². The zero-order chi connectivity index (χ0) is 14.0. The number of likely N-dealkylation sites (tertiary alicyclic amines) is 1. The van der Waals surface area contributed by atoms with Gasteiger partial charge in [-0.2, -0.15) is 0 Å². The highest BCUT2D eigenvalue weighted by Gasteiger charge is 2.32. The maximum absolute atomic E-state index is 12.7. The number of carbonyl (C=O) groups is 1. The SMILES string of the molecule is CNc1cc(C)ccc1C(=O)N1CCCC1C(C)C. The van der Waals surface area contributed by atoms with Gasteiger partial charge in [-0.1, -0.05) is 19.9 Å². The molecule has 1 heterocycles. The number of anilines is 1. The minimum Gasteiger partial charge on any atom is -0.387 e. The smallest absolute Gasteiger partial charge is 0.256 e.